The highest BCUT2D eigenvalue weighted by Gasteiger charge is 2.34. The molecule has 0 saturated carbocycles. The predicted octanol–water partition coefficient (Wildman–Crippen LogP) is 4.20. The Morgan fingerprint density at radius 1 is 1.35 bits per heavy atom. The zero-order valence-electron chi connectivity index (χ0n) is 12.7. The number of nitrogens with one attached hydrogen (secondary N) is 1. The second-order valence-electron chi connectivity index (χ2n) is 6.72. The molecule has 1 aromatic carbocycles. The van der Waals surface area contributed by atoms with Crippen molar-refractivity contribution in [2.75, 3.05) is 13.1 Å². The molecule has 0 radical (unpaired) electrons. The minimum atomic E-state index is 0.135. The topological polar surface area (TPSA) is 15.3 Å². The molecule has 0 bridgehead atoms. The Hall–Kier alpha value is -0.280. The van der Waals surface area contributed by atoms with Gasteiger partial charge in [-0.05, 0) is 43.5 Å². The summed E-state index contributed by atoms with van der Waals surface area (Å²) in [5.41, 5.74) is 1.25. The van der Waals surface area contributed by atoms with E-state index in [-0.39, 0.29) is 5.54 Å². The molecule has 2 nitrogen and oxygen atoms in total. The molecule has 0 aromatic heterocycles. The lowest BCUT2D eigenvalue weighted by atomic mass is 9.92. The summed E-state index contributed by atoms with van der Waals surface area (Å²) in [7, 11) is 0. The molecular formula is C16H24Cl2N2. The average Bonchev–Trinajstić information content (AvgIpc) is 2.32. The van der Waals surface area contributed by atoms with Crippen molar-refractivity contribution in [2.45, 2.75) is 45.8 Å². The van der Waals surface area contributed by atoms with Crippen molar-refractivity contribution in [1.82, 2.24) is 10.2 Å². The van der Waals surface area contributed by atoms with E-state index < -0.39 is 0 Å². The van der Waals surface area contributed by atoms with E-state index in [0.29, 0.717) is 12.0 Å². The number of benzene rings is 1. The third kappa shape index (κ3) is 3.88. The van der Waals surface area contributed by atoms with Gasteiger partial charge in [0.05, 0.1) is 0 Å². The highest BCUT2D eigenvalue weighted by atomic mass is 35.5. The summed E-state index contributed by atoms with van der Waals surface area (Å²) in [4.78, 5) is 2.53. The molecule has 20 heavy (non-hydrogen) atoms. The van der Waals surface area contributed by atoms with E-state index in [4.69, 9.17) is 23.2 Å². The predicted molar refractivity (Wildman–Crippen MR) is 87.6 cm³/mol. The van der Waals surface area contributed by atoms with Crippen LogP contribution in [0.4, 0.5) is 0 Å². The fourth-order valence-corrected chi connectivity index (χ4v) is 3.28. The molecule has 0 aliphatic carbocycles. The van der Waals surface area contributed by atoms with Crippen LogP contribution in [-0.4, -0.2) is 29.6 Å². The second-order valence-corrected chi connectivity index (χ2v) is 7.56. The lowest BCUT2D eigenvalue weighted by Gasteiger charge is -2.46. The summed E-state index contributed by atoms with van der Waals surface area (Å²) in [6.07, 6.45) is 0. The van der Waals surface area contributed by atoms with Gasteiger partial charge in [0, 0.05) is 41.3 Å². The van der Waals surface area contributed by atoms with Crippen LogP contribution in [0.25, 0.3) is 0 Å². The van der Waals surface area contributed by atoms with Crippen LogP contribution in [0.3, 0.4) is 0 Å². The van der Waals surface area contributed by atoms with Crippen molar-refractivity contribution >= 4 is 23.2 Å². The quantitative estimate of drug-likeness (QED) is 0.899. The van der Waals surface area contributed by atoms with Crippen molar-refractivity contribution in [3.63, 3.8) is 0 Å². The number of halogens is 2. The molecule has 1 aliphatic rings. The van der Waals surface area contributed by atoms with Gasteiger partial charge in [-0.25, -0.2) is 0 Å². The van der Waals surface area contributed by atoms with Crippen LogP contribution >= 0.6 is 23.2 Å². The summed E-state index contributed by atoms with van der Waals surface area (Å²) >= 11 is 12.4. The summed E-state index contributed by atoms with van der Waals surface area (Å²) in [5.74, 6) is 0.608. The van der Waals surface area contributed by atoms with E-state index in [1.807, 2.05) is 18.2 Å². The van der Waals surface area contributed by atoms with Crippen LogP contribution in [0.2, 0.25) is 10.0 Å². The fraction of sp³-hybridized carbons (Fsp3) is 0.625. The first-order valence-corrected chi connectivity index (χ1v) is 7.97. The Kier molecular flexibility index (Phi) is 5.01. The van der Waals surface area contributed by atoms with Crippen molar-refractivity contribution < 1.29 is 0 Å². The van der Waals surface area contributed by atoms with Crippen LogP contribution in [0.1, 0.15) is 33.3 Å². The molecule has 1 unspecified atom stereocenters. The van der Waals surface area contributed by atoms with E-state index in [2.05, 4.69) is 37.9 Å². The van der Waals surface area contributed by atoms with E-state index in [0.717, 1.165) is 35.2 Å². The third-order valence-corrected chi connectivity index (χ3v) is 4.61. The largest absolute Gasteiger partial charge is 0.309 e. The smallest absolute Gasteiger partial charge is 0.0452 e. The van der Waals surface area contributed by atoms with E-state index in [9.17, 15) is 0 Å². The van der Waals surface area contributed by atoms with Gasteiger partial charge in [-0.15, -0.1) is 0 Å². The van der Waals surface area contributed by atoms with Gasteiger partial charge in [-0.1, -0.05) is 37.0 Å². The Labute approximate surface area is 132 Å². The highest BCUT2D eigenvalue weighted by molar-refractivity contribution is 6.33. The lowest BCUT2D eigenvalue weighted by molar-refractivity contribution is 0.0628. The van der Waals surface area contributed by atoms with Gasteiger partial charge in [0.2, 0.25) is 0 Å². The van der Waals surface area contributed by atoms with Crippen LogP contribution in [0, 0.1) is 5.92 Å². The van der Waals surface area contributed by atoms with Gasteiger partial charge < -0.3 is 5.32 Å². The SMILES string of the molecule is CC(C)C1CNC(C)(C)CN1Cc1cc(Cl)ccc1Cl. The molecule has 1 heterocycles. The van der Waals surface area contributed by atoms with Crippen molar-refractivity contribution in [3.8, 4) is 0 Å². The molecule has 0 spiro atoms. The molecule has 2 rings (SSSR count). The summed E-state index contributed by atoms with van der Waals surface area (Å²) < 4.78 is 0. The number of hydrogen-bond acceptors (Lipinski definition) is 2. The van der Waals surface area contributed by atoms with Crippen LogP contribution < -0.4 is 5.32 Å². The zero-order valence-corrected chi connectivity index (χ0v) is 14.2. The number of rotatable bonds is 3. The zero-order chi connectivity index (χ0) is 14.9. The van der Waals surface area contributed by atoms with E-state index in [1.54, 1.807) is 0 Å². The Morgan fingerprint density at radius 2 is 2.05 bits per heavy atom. The minimum absolute atomic E-state index is 0.135. The standard InChI is InChI=1S/C16H24Cl2N2/c1-11(2)15-8-19-16(3,4)10-20(15)9-12-7-13(17)5-6-14(12)18/h5-7,11,15,19H,8-10H2,1-4H3. The van der Waals surface area contributed by atoms with Crippen molar-refractivity contribution in [2.24, 2.45) is 5.92 Å². The Balaban J connectivity index is 2.20. The van der Waals surface area contributed by atoms with Crippen LogP contribution in [0.15, 0.2) is 18.2 Å². The van der Waals surface area contributed by atoms with Gasteiger partial charge in [0.25, 0.3) is 0 Å². The van der Waals surface area contributed by atoms with Crippen LogP contribution in [-0.2, 0) is 6.54 Å². The van der Waals surface area contributed by atoms with Crippen molar-refractivity contribution in [1.29, 1.82) is 0 Å². The molecule has 1 aliphatic heterocycles. The Bertz CT molecular complexity index is 472. The highest BCUT2D eigenvalue weighted by Crippen LogP contribution is 2.27. The first kappa shape index (κ1) is 16.1. The monoisotopic (exact) mass is 314 g/mol. The molecule has 4 heteroatoms. The number of piperazine rings is 1. The maximum atomic E-state index is 6.31. The van der Waals surface area contributed by atoms with Gasteiger partial charge in [0.15, 0.2) is 0 Å². The van der Waals surface area contributed by atoms with Gasteiger partial charge in [-0.2, -0.15) is 0 Å². The lowest BCUT2D eigenvalue weighted by Crippen LogP contribution is -2.62. The van der Waals surface area contributed by atoms with E-state index in [1.165, 1.54) is 0 Å². The Morgan fingerprint density at radius 3 is 2.70 bits per heavy atom. The van der Waals surface area contributed by atoms with Gasteiger partial charge in [-0.3, -0.25) is 4.90 Å². The second kappa shape index (κ2) is 6.23. The van der Waals surface area contributed by atoms with Crippen LogP contribution in [0.5, 0.6) is 0 Å². The maximum Gasteiger partial charge on any atom is 0.0452 e. The molecule has 1 fully saturated rings. The first-order chi connectivity index (χ1) is 9.28. The van der Waals surface area contributed by atoms with E-state index >= 15 is 0 Å². The average molecular weight is 315 g/mol. The molecular weight excluding hydrogens is 291 g/mol. The third-order valence-electron chi connectivity index (χ3n) is 4.01. The molecule has 0 amide bonds. The molecule has 1 saturated heterocycles. The summed E-state index contributed by atoms with van der Waals surface area (Å²) in [6.45, 7) is 11.9. The number of nitrogens with zero attached hydrogens (tertiary/aromatic N) is 1. The fourth-order valence-electron chi connectivity index (χ4n) is 2.90. The van der Waals surface area contributed by atoms with Crippen molar-refractivity contribution in [3.05, 3.63) is 33.8 Å². The van der Waals surface area contributed by atoms with Gasteiger partial charge >= 0.3 is 0 Å². The summed E-state index contributed by atoms with van der Waals surface area (Å²) in [5, 5.41) is 5.18. The first-order valence-electron chi connectivity index (χ1n) is 7.21. The van der Waals surface area contributed by atoms with Gasteiger partial charge in [0.1, 0.15) is 0 Å². The maximum absolute atomic E-state index is 6.31. The normalized spacial score (nSPS) is 23.2. The number of hydrogen-bond donors (Lipinski definition) is 1. The summed E-state index contributed by atoms with van der Waals surface area (Å²) in [6, 6.07) is 6.24. The molecule has 1 atom stereocenters. The molecule has 112 valence electrons. The minimum Gasteiger partial charge on any atom is -0.309 e. The molecule has 1 aromatic rings. The molecule has 1 N–H and O–H groups in total.